The maximum Gasteiger partial charge on any atom is 0.416 e. The number of hydrogen-bond acceptors (Lipinski definition) is 6. The Labute approximate surface area is 229 Å². The molecule has 1 aromatic heterocycles. The molecular formula is C27H34F6N4O3. The van der Waals surface area contributed by atoms with Crippen molar-refractivity contribution in [2.75, 3.05) is 18.1 Å². The largest absolute Gasteiger partial charge is 0.444 e. The van der Waals surface area contributed by atoms with Crippen LogP contribution in [0.2, 0.25) is 0 Å². The van der Waals surface area contributed by atoms with Gasteiger partial charge in [0.05, 0.1) is 17.2 Å². The summed E-state index contributed by atoms with van der Waals surface area (Å²) in [5.74, 6) is 0.101. The van der Waals surface area contributed by atoms with Gasteiger partial charge < -0.3 is 19.6 Å². The number of aryl methyl sites for hydroxylation is 1. The first-order valence-electron chi connectivity index (χ1n) is 13.0. The van der Waals surface area contributed by atoms with Crippen LogP contribution in [0.1, 0.15) is 69.2 Å². The van der Waals surface area contributed by atoms with Gasteiger partial charge in [0.2, 0.25) is 5.95 Å². The molecule has 0 bridgehead atoms. The van der Waals surface area contributed by atoms with Crippen LogP contribution in [0.25, 0.3) is 0 Å². The summed E-state index contributed by atoms with van der Waals surface area (Å²) < 4.78 is 86.7. The molecule has 1 aliphatic heterocycles. The summed E-state index contributed by atoms with van der Waals surface area (Å²) in [6.45, 7) is 6.78. The molecule has 2 atom stereocenters. The van der Waals surface area contributed by atoms with E-state index >= 15 is 0 Å². The first-order chi connectivity index (χ1) is 18.5. The molecule has 0 aliphatic carbocycles. The third-order valence-corrected chi connectivity index (χ3v) is 6.50. The molecule has 40 heavy (non-hydrogen) atoms. The van der Waals surface area contributed by atoms with Gasteiger partial charge in [-0.1, -0.05) is 6.92 Å². The molecule has 1 N–H and O–H groups in total. The Bertz CT molecular complexity index is 1120. The van der Waals surface area contributed by atoms with E-state index in [0.717, 1.165) is 0 Å². The summed E-state index contributed by atoms with van der Waals surface area (Å²) in [5, 5.41) is 9.07. The Morgan fingerprint density at radius 3 is 2.08 bits per heavy atom. The minimum absolute atomic E-state index is 0.0358. The van der Waals surface area contributed by atoms with E-state index in [0.29, 0.717) is 43.4 Å². The lowest BCUT2D eigenvalue weighted by molar-refractivity contribution is -0.143. The number of ether oxygens (including phenoxy) is 1. The first kappa shape index (κ1) is 31.4. The lowest BCUT2D eigenvalue weighted by Crippen LogP contribution is -2.42. The van der Waals surface area contributed by atoms with E-state index in [4.69, 9.17) is 9.84 Å². The fraction of sp³-hybridized carbons (Fsp3) is 0.593. The Morgan fingerprint density at radius 1 is 1.02 bits per heavy atom. The van der Waals surface area contributed by atoms with Crippen LogP contribution >= 0.6 is 0 Å². The van der Waals surface area contributed by atoms with E-state index in [-0.39, 0.29) is 43.3 Å². The summed E-state index contributed by atoms with van der Waals surface area (Å²) in [7, 11) is 0. The second kappa shape index (κ2) is 12.2. The Morgan fingerprint density at radius 2 is 1.60 bits per heavy atom. The van der Waals surface area contributed by atoms with Gasteiger partial charge in [-0.15, -0.1) is 0 Å². The number of amides is 1. The van der Waals surface area contributed by atoms with Crippen LogP contribution in [0.3, 0.4) is 0 Å². The zero-order valence-electron chi connectivity index (χ0n) is 22.8. The van der Waals surface area contributed by atoms with Crippen molar-refractivity contribution >= 4 is 12.0 Å². The summed E-state index contributed by atoms with van der Waals surface area (Å²) >= 11 is 0. The molecule has 222 valence electrons. The number of benzene rings is 1. The lowest BCUT2D eigenvalue weighted by Gasteiger charge is -2.30. The van der Waals surface area contributed by atoms with Gasteiger partial charge in [0.15, 0.2) is 0 Å². The van der Waals surface area contributed by atoms with Gasteiger partial charge in [-0.3, -0.25) is 0 Å². The lowest BCUT2D eigenvalue weighted by atomic mass is 10.0. The number of nitrogens with zero attached hydrogens (tertiary/aromatic N) is 4. The zero-order valence-corrected chi connectivity index (χ0v) is 22.8. The monoisotopic (exact) mass is 576 g/mol. The number of likely N-dealkylation sites (tertiary alicyclic amines) is 1. The molecule has 0 radical (unpaired) electrons. The van der Waals surface area contributed by atoms with Gasteiger partial charge in [0, 0.05) is 38.1 Å². The predicted octanol–water partition coefficient (Wildman–Crippen LogP) is 6.23. The molecule has 2 aromatic rings. The number of halogens is 6. The summed E-state index contributed by atoms with van der Waals surface area (Å²) in [4.78, 5) is 24.7. The molecule has 0 saturated carbocycles. The number of carbonyl (C=O) groups excluding carboxylic acids is 1. The van der Waals surface area contributed by atoms with Crippen LogP contribution in [0, 0.1) is 0 Å². The normalized spacial score (nSPS) is 18.2. The molecule has 1 saturated heterocycles. The van der Waals surface area contributed by atoms with Gasteiger partial charge in [-0.05, 0) is 75.8 Å². The smallest absolute Gasteiger partial charge is 0.416 e. The highest BCUT2D eigenvalue weighted by Crippen LogP contribution is 2.37. The second-order valence-electron chi connectivity index (χ2n) is 10.8. The fourth-order valence-electron chi connectivity index (χ4n) is 4.63. The maximum atomic E-state index is 13.5. The van der Waals surface area contributed by atoms with Crippen molar-refractivity contribution in [1.82, 2.24) is 14.9 Å². The van der Waals surface area contributed by atoms with Crippen molar-refractivity contribution in [3.63, 3.8) is 0 Å². The number of aromatic nitrogens is 2. The van der Waals surface area contributed by atoms with E-state index in [1.807, 2.05) is 6.92 Å². The molecule has 7 nitrogen and oxygen atoms in total. The minimum Gasteiger partial charge on any atom is -0.444 e. The average molecular weight is 577 g/mol. The zero-order chi connectivity index (χ0) is 29.9. The third-order valence-electron chi connectivity index (χ3n) is 6.50. The number of anilines is 1. The van der Waals surface area contributed by atoms with Crippen molar-refractivity contribution in [3.05, 3.63) is 52.8 Å². The molecule has 13 heteroatoms. The molecule has 2 heterocycles. The molecule has 1 aromatic carbocycles. The highest BCUT2D eigenvalue weighted by atomic mass is 19.4. The highest BCUT2D eigenvalue weighted by Gasteiger charge is 2.41. The topological polar surface area (TPSA) is 78.8 Å². The molecular weight excluding hydrogens is 542 g/mol. The quantitative estimate of drug-likeness (QED) is 0.375. The molecule has 1 fully saturated rings. The van der Waals surface area contributed by atoms with E-state index in [1.54, 1.807) is 25.7 Å². The van der Waals surface area contributed by atoms with Gasteiger partial charge in [0.1, 0.15) is 5.60 Å². The van der Waals surface area contributed by atoms with E-state index in [9.17, 15) is 31.1 Å². The van der Waals surface area contributed by atoms with E-state index < -0.39 is 41.2 Å². The number of rotatable bonds is 8. The van der Waals surface area contributed by atoms with Gasteiger partial charge >= 0.3 is 18.4 Å². The number of aliphatic hydroxyl groups is 1. The van der Waals surface area contributed by atoms with Crippen molar-refractivity contribution in [3.8, 4) is 0 Å². The Balaban J connectivity index is 2.02. The van der Waals surface area contributed by atoms with Crippen LogP contribution in [0.15, 0.2) is 30.6 Å². The van der Waals surface area contributed by atoms with Crippen molar-refractivity contribution in [1.29, 1.82) is 0 Å². The molecule has 1 amide bonds. The first-order valence-corrected chi connectivity index (χ1v) is 13.0. The average Bonchev–Trinajstić information content (AvgIpc) is 3.29. The second-order valence-corrected chi connectivity index (χ2v) is 10.8. The van der Waals surface area contributed by atoms with Crippen molar-refractivity contribution < 1.29 is 41.0 Å². The third kappa shape index (κ3) is 8.21. The SMILES string of the molecule is CC[C@@H]1CC(N(Cc2cc(C(F)(F)F)cc(C(F)(F)F)c2)c2ncc(CCCO)cn2)CN1C(=O)OC(C)(C)C. The summed E-state index contributed by atoms with van der Waals surface area (Å²) in [5.41, 5.74) is -3.09. The van der Waals surface area contributed by atoms with Gasteiger partial charge in [-0.25, -0.2) is 14.8 Å². The number of alkyl halides is 6. The highest BCUT2D eigenvalue weighted by molar-refractivity contribution is 5.69. The minimum atomic E-state index is -4.99. The fourth-order valence-corrected chi connectivity index (χ4v) is 4.63. The standard InChI is InChI=1S/C27H34F6N4O3/c1-5-21-12-22(16-37(21)24(39)40-25(2,3)4)36(23-34-13-17(14-35-23)7-6-8-38)15-18-9-19(26(28,29)30)11-20(10-18)27(31,32)33/h9-11,13-14,21-22,38H,5-8,12,15-16H2,1-4H3/t21-,22?/m1/s1. The van der Waals surface area contributed by atoms with Crippen LogP contribution in [-0.4, -0.2) is 56.9 Å². The van der Waals surface area contributed by atoms with Crippen LogP contribution < -0.4 is 4.90 Å². The van der Waals surface area contributed by atoms with Crippen LogP contribution in [-0.2, 0) is 30.1 Å². The van der Waals surface area contributed by atoms with Crippen molar-refractivity contribution in [2.24, 2.45) is 0 Å². The van der Waals surface area contributed by atoms with E-state index in [2.05, 4.69) is 9.97 Å². The summed E-state index contributed by atoms with van der Waals surface area (Å²) in [6, 6.07) is 0.696. The summed E-state index contributed by atoms with van der Waals surface area (Å²) in [6.07, 6.45) is -5.59. The molecule has 3 rings (SSSR count). The molecule has 1 aliphatic rings. The van der Waals surface area contributed by atoms with Gasteiger partial charge in [0.25, 0.3) is 0 Å². The number of aliphatic hydroxyl groups excluding tert-OH is 1. The Kier molecular flexibility index (Phi) is 9.58. The maximum absolute atomic E-state index is 13.5. The molecule has 1 unspecified atom stereocenters. The molecule has 0 spiro atoms. The van der Waals surface area contributed by atoms with E-state index in [1.165, 1.54) is 17.3 Å². The van der Waals surface area contributed by atoms with Crippen LogP contribution in [0.4, 0.5) is 37.1 Å². The van der Waals surface area contributed by atoms with Crippen molar-refractivity contribution in [2.45, 2.75) is 90.0 Å². The number of hydrogen-bond donors (Lipinski definition) is 1. The number of carbonyl (C=O) groups is 1. The Hall–Kier alpha value is -3.09. The van der Waals surface area contributed by atoms with Crippen LogP contribution in [0.5, 0.6) is 0 Å². The van der Waals surface area contributed by atoms with Gasteiger partial charge in [-0.2, -0.15) is 26.3 Å². The predicted molar refractivity (Wildman–Crippen MR) is 135 cm³/mol.